The molecular formula is C25H38O4. The lowest BCUT2D eigenvalue weighted by molar-refractivity contribution is 0.00726. The molecule has 1 aromatic rings. The molecule has 0 bridgehead atoms. The molecule has 0 spiro atoms. The van der Waals surface area contributed by atoms with Gasteiger partial charge < -0.3 is 19.7 Å². The molecule has 0 saturated carbocycles. The summed E-state index contributed by atoms with van der Waals surface area (Å²) in [6.45, 7) is 10.5. The summed E-state index contributed by atoms with van der Waals surface area (Å²) in [5, 5.41) is 19.7. The van der Waals surface area contributed by atoms with Crippen LogP contribution in [0.3, 0.4) is 0 Å². The van der Waals surface area contributed by atoms with Gasteiger partial charge in [0.15, 0.2) is 0 Å². The number of allylic oxidation sites excluding steroid dienone is 4. The van der Waals surface area contributed by atoms with Crippen molar-refractivity contribution in [1.29, 1.82) is 0 Å². The van der Waals surface area contributed by atoms with Crippen molar-refractivity contribution in [3.63, 3.8) is 0 Å². The minimum absolute atomic E-state index is 0.150. The molecule has 0 amide bonds. The number of fused-ring (bicyclic) bond motifs is 1. The highest BCUT2D eigenvalue weighted by Crippen LogP contribution is 2.46. The van der Waals surface area contributed by atoms with Crippen LogP contribution in [0.1, 0.15) is 77.0 Å². The van der Waals surface area contributed by atoms with Gasteiger partial charge in [0.1, 0.15) is 17.1 Å². The lowest BCUT2D eigenvalue weighted by atomic mass is 9.78. The molecule has 2 N–H and O–H groups in total. The SMILES string of the molecule is COc1cc(CO)c(CO)c2c1C[C@H](C)[C@](C)(CC/C=C(\C)CCC=C(C)C)O2. The lowest BCUT2D eigenvalue weighted by Gasteiger charge is -2.42. The monoisotopic (exact) mass is 402 g/mol. The molecule has 1 aliphatic heterocycles. The van der Waals surface area contributed by atoms with E-state index >= 15 is 0 Å². The second-order valence-electron chi connectivity index (χ2n) is 8.77. The molecule has 2 rings (SSSR count). The summed E-state index contributed by atoms with van der Waals surface area (Å²) in [5.74, 6) is 1.74. The summed E-state index contributed by atoms with van der Waals surface area (Å²) in [4.78, 5) is 0. The van der Waals surface area contributed by atoms with Crippen LogP contribution in [0.5, 0.6) is 11.5 Å². The third kappa shape index (κ3) is 5.64. The van der Waals surface area contributed by atoms with E-state index in [0.29, 0.717) is 22.8 Å². The molecule has 29 heavy (non-hydrogen) atoms. The summed E-state index contributed by atoms with van der Waals surface area (Å²) < 4.78 is 12.1. The summed E-state index contributed by atoms with van der Waals surface area (Å²) in [7, 11) is 1.64. The predicted octanol–water partition coefficient (Wildman–Crippen LogP) is 5.48. The minimum atomic E-state index is -0.327. The number of benzene rings is 1. The Morgan fingerprint density at radius 2 is 1.93 bits per heavy atom. The minimum Gasteiger partial charge on any atom is -0.496 e. The van der Waals surface area contributed by atoms with E-state index in [9.17, 15) is 10.2 Å². The van der Waals surface area contributed by atoms with Gasteiger partial charge in [0.05, 0.1) is 20.3 Å². The second kappa shape index (κ2) is 10.3. The van der Waals surface area contributed by atoms with Gasteiger partial charge in [-0.2, -0.15) is 0 Å². The van der Waals surface area contributed by atoms with Crippen LogP contribution in [0, 0.1) is 5.92 Å². The summed E-state index contributed by atoms with van der Waals surface area (Å²) >= 11 is 0. The first-order valence-corrected chi connectivity index (χ1v) is 10.7. The second-order valence-corrected chi connectivity index (χ2v) is 8.77. The zero-order chi connectivity index (χ0) is 21.6. The molecule has 4 nitrogen and oxygen atoms in total. The Hall–Kier alpha value is -1.78. The van der Waals surface area contributed by atoms with Crippen LogP contribution in [-0.4, -0.2) is 22.9 Å². The number of hydrogen-bond donors (Lipinski definition) is 2. The molecular weight excluding hydrogens is 364 g/mol. The zero-order valence-electron chi connectivity index (χ0n) is 19.0. The number of aliphatic hydroxyl groups excluding tert-OH is 2. The Bertz CT molecular complexity index is 759. The highest BCUT2D eigenvalue weighted by Gasteiger charge is 2.40. The van der Waals surface area contributed by atoms with Gasteiger partial charge in [0.25, 0.3) is 0 Å². The fraction of sp³-hybridized carbons (Fsp3) is 0.600. The molecule has 1 aromatic carbocycles. The van der Waals surface area contributed by atoms with E-state index in [-0.39, 0.29) is 18.8 Å². The molecule has 2 atom stereocenters. The van der Waals surface area contributed by atoms with E-state index in [1.54, 1.807) is 7.11 Å². The van der Waals surface area contributed by atoms with Crippen LogP contribution < -0.4 is 9.47 Å². The Morgan fingerprint density at radius 1 is 1.21 bits per heavy atom. The average molecular weight is 403 g/mol. The van der Waals surface area contributed by atoms with E-state index in [4.69, 9.17) is 9.47 Å². The molecule has 0 aliphatic carbocycles. The zero-order valence-corrected chi connectivity index (χ0v) is 19.0. The van der Waals surface area contributed by atoms with Gasteiger partial charge in [-0.15, -0.1) is 0 Å². The molecule has 0 unspecified atom stereocenters. The molecule has 0 fully saturated rings. The van der Waals surface area contributed by atoms with Crippen LogP contribution in [0.4, 0.5) is 0 Å². The Morgan fingerprint density at radius 3 is 2.52 bits per heavy atom. The van der Waals surface area contributed by atoms with Crippen LogP contribution in [-0.2, 0) is 19.6 Å². The Kier molecular flexibility index (Phi) is 8.35. The maximum Gasteiger partial charge on any atom is 0.132 e. The fourth-order valence-electron chi connectivity index (χ4n) is 4.03. The largest absolute Gasteiger partial charge is 0.496 e. The fourth-order valence-corrected chi connectivity index (χ4v) is 4.03. The highest BCUT2D eigenvalue weighted by atomic mass is 16.5. The smallest absolute Gasteiger partial charge is 0.132 e. The van der Waals surface area contributed by atoms with Crippen molar-refractivity contribution in [3.8, 4) is 11.5 Å². The molecule has 0 radical (unpaired) electrons. The molecule has 4 heteroatoms. The van der Waals surface area contributed by atoms with Crippen molar-refractivity contribution in [2.24, 2.45) is 5.92 Å². The number of ether oxygens (including phenoxy) is 2. The van der Waals surface area contributed by atoms with Gasteiger partial charge in [-0.05, 0) is 77.3 Å². The van der Waals surface area contributed by atoms with E-state index in [1.165, 1.54) is 11.1 Å². The molecule has 1 aliphatic rings. The summed E-state index contributed by atoms with van der Waals surface area (Å²) in [6, 6.07) is 1.82. The van der Waals surface area contributed by atoms with Crippen LogP contribution in [0.2, 0.25) is 0 Å². The van der Waals surface area contributed by atoms with Gasteiger partial charge in [-0.25, -0.2) is 0 Å². The van der Waals surface area contributed by atoms with Gasteiger partial charge in [0, 0.05) is 11.1 Å². The van der Waals surface area contributed by atoms with Gasteiger partial charge in [-0.1, -0.05) is 30.2 Å². The van der Waals surface area contributed by atoms with Crippen LogP contribution in [0.15, 0.2) is 29.4 Å². The van der Waals surface area contributed by atoms with Crippen molar-refractivity contribution in [1.82, 2.24) is 0 Å². The van der Waals surface area contributed by atoms with Gasteiger partial charge in [-0.3, -0.25) is 0 Å². The Balaban J connectivity index is 2.19. The average Bonchev–Trinajstić information content (AvgIpc) is 2.67. The molecule has 0 aromatic heterocycles. The van der Waals surface area contributed by atoms with Crippen LogP contribution >= 0.6 is 0 Å². The topological polar surface area (TPSA) is 58.9 Å². The van der Waals surface area contributed by atoms with Crippen LogP contribution in [0.25, 0.3) is 0 Å². The van der Waals surface area contributed by atoms with Crippen molar-refractivity contribution >= 4 is 0 Å². The quantitative estimate of drug-likeness (QED) is 0.537. The first-order chi connectivity index (χ1) is 13.8. The third-order valence-corrected chi connectivity index (χ3v) is 6.20. The number of hydrogen-bond acceptors (Lipinski definition) is 4. The normalized spacial score (nSPS) is 21.4. The van der Waals surface area contributed by atoms with Gasteiger partial charge in [0.2, 0.25) is 0 Å². The lowest BCUT2D eigenvalue weighted by Crippen LogP contribution is -2.44. The Labute approximate surface area is 176 Å². The summed E-state index contributed by atoms with van der Waals surface area (Å²) in [6.07, 6.45) is 9.49. The standard InChI is InChI=1S/C25H38O4/c1-17(2)9-7-10-18(3)11-8-12-25(5)19(4)13-21-23(28-6)14-20(15-26)22(16-27)24(21)29-25/h9,11,14,19,26-27H,7-8,10,12-13,15-16H2,1-6H3/b18-11+/t19-,25-/m0/s1. The maximum atomic E-state index is 9.93. The first-order valence-electron chi connectivity index (χ1n) is 10.7. The predicted molar refractivity (Wildman–Crippen MR) is 118 cm³/mol. The van der Waals surface area contributed by atoms with E-state index < -0.39 is 0 Å². The number of aliphatic hydroxyl groups is 2. The van der Waals surface area contributed by atoms with Crippen molar-refractivity contribution < 1.29 is 19.7 Å². The number of rotatable bonds is 9. The molecule has 1 heterocycles. The van der Waals surface area contributed by atoms with E-state index in [2.05, 4.69) is 46.8 Å². The van der Waals surface area contributed by atoms with Crippen molar-refractivity contribution in [2.75, 3.05) is 7.11 Å². The number of methoxy groups -OCH3 is 1. The first kappa shape index (κ1) is 23.5. The summed E-state index contributed by atoms with van der Waals surface area (Å²) in [5.41, 5.74) is 4.78. The van der Waals surface area contributed by atoms with Gasteiger partial charge >= 0.3 is 0 Å². The molecule has 162 valence electrons. The van der Waals surface area contributed by atoms with E-state index in [0.717, 1.165) is 43.4 Å². The maximum absolute atomic E-state index is 9.93. The highest BCUT2D eigenvalue weighted by molar-refractivity contribution is 5.55. The third-order valence-electron chi connectivity index (χ3n) is 6.20. The van der Waals surface area contributed by atoms with Crippen molar-refractivity contribution in [3.05, 3.63) is 46.1 Å². The van der Waals surface area contributed by atoms with Crippen molar-refractivity contribution in [2.45, 2.75) is 85.5 Å². The molecule has 0 saturated heterocycles. The van der Waals surface area contributed by atoms with E-state index in [1.807, 2.05) is 6.07 Å².